The molecule has 1 aromatic heterocycles. The zero-order valence-electron chi connectivity index (χ0n) is 15.0. The third-order valence-corrected chi connectivity index (χ3v) is 5.10. The van der Waals surface area contributed by atoms with Crippen LogP contribution in [0.4, 0.5) is 0 Å². The van der Waals surface area contributed by atoms with Crippen molar-refractivity contribution in [3.05, 3.63) is 74.0 Å². The van der Waals surface area contributed by atoms with E-state index in [2.05, 4.69) is 33.1 Å². The van der Waals surface area contributed by atoms with E-state index in [0.29, 0.717) is 33.4 Å². The van der Waals surface area contributed by atoms with Gasteiger partial charge in [0.1, 0.15) is 17.3 Å². The Labute approximate surface area is 184 Å². The van der Waals surface area contributed by atoms with Crippen molar-refractivity contribution in [2.75, 3.05) is 7.11 Å². The first kappa shape index (κ1) is 20.9. The Kier molecular flexibility index (Phi) is 6.55. The van der Waals surface area contributed by atoms with Crippen molar-refractivity contribution in [2.24, 2.45) is 5.10 Å². The van der Waals surface area contributed by atoms with Crippen LogP contribution >= 0.6 is 34.2 Å². The lowest BCUT2D eigenvalue weighted by Crippen LogP contribution is -2.17. The van der Waals surface area contributed by atoms with Crippen molar-refractivity contribution in [1.82, 2.24) is 5.43 Å². The van der Waals surface area contributed by atoms with Crippen molar-refractivity contribution in [3.8, 4) is 17.1 Å². The summed E-state index contributed by atoms with van der Waals surface area (Å²) in [5.74, 6) is -0.130. The highest BCUT2D eigenvalue weighted by Gasteiger charge is 2.12. The zero-order chi connectivity index (χ0) is 21.0. The highest BCUT2D eigenvalue weighted by atomic mass is 127. The average Bonchev–Trinajstić information content (AvgIpc) is 3.17. The maximum absolute atomic E-state index is 12.2. The van der Waals surface area contributed by atoms with E-state index in [1.54, 1.807) is 30.3 Å². The third kappa shape index (κ3) is 4.96. The molecule has 7 nitrogen and oxygen atoms in total. The van der Waals surface area contributed by atoms with Crippen LogP contribution in [0.2, 0.25) is 5.02 Å². The summed E-state index contributed by atoms with van der Waals surface area (Å²) < 4.78 is 11.7. The van der Waals surface area contributed by atoms with E-state index in [4.69, 9.17) is 25.9 Å². The number of carbonyl (C=O) groups is 2. The van der Waals surface area contributed by atoms with Crippen LogP contribution in [-0.2, 0) is 0 Å². The van der Waals surface area contributed by atoms with Gasteiger partial charge in [-0.1, -0.05) is 11.6 Å². The molecule has 0 spiro atoms. The van der Waals surface area contributed by atoms with Gasteiger partial charge in [-0.15, -0.1) is 0 Å². The van der Waals surface area contributed by atoms with Gasteiger partial charge in [-0.05, 0) is 71.1 Å². The number of nitrogens with one attached hydrogen (secondary N) is 1. The molecule has 0 radical (unpaired) electrons. The van der Waals surface area contributed by atoms with E-state index < -0.39 is 11.9 Å². The Morgan fingerprint density at radius 3 is 2.66 bits per heavy atom. The van der Waals surface area contributed by atoms with E-state index in [9.17, 15) is 9.59 Å². The fourth-order valence-electron chi connectivity index (χ4n) is 2.43. The molecule has 29 heavy (non-hydrogen) atoms. The number of carbonyl (C=O) groups excluding carboxylic acids is 1. The van der Waals surface area contributed by atoms with Crippen LogP contribution in [0.5, 0.6) is 5.75 Å². The number of carboxylic acids is 1. The summed E-state index contributed by atoms with van der Waals surface area (Å²) in [5, 5.41) is 13.4. The first-order valence-electron chi connectivity index (χ1n) is 8.19. The number of rotatable bonds is 6. The van der Waals surface area contributed by atoms with E-state index in [-0.39, 0.29) is 5.56 Å². The van der Waals surface area contributed by atoms with Crippen LogP contribution in [0.3, 0.4) is 0 Å². The zero-order valence-corrected chi connectivity index (χ0v) is 17.9. The standard InChI is InChI=1S/C20H14ClIN2O5/c1-28-18-9-11(3-6-16(18)22)19(25)24-23-10-13-4-7-17(29-13)14-8-12(20(26)27)2-5-15(14)21/h2-10H,1H3,(H,24,25)(H,26,27)/b23-10-. The lowest BCUT2D eigenvalue weighted by Gasteiger charge is -2.05. The molecule has 0 atom stereocenters. The molecule has 0 saturated heterocycles. The number of carboxylic acid groups (broad SMARTS) is 1. The Morgan fingerprint density at radius 2 is 1.93 bits per heavy atom. The topological polar surface area (TPSA) is 101 Å². The van der Waals surface area contributed by atoms with Gasteiger partial charge < -0.3 is 14.3 Å². The Morgan fingerprint density at radius 1 is 1.17 bits per heavy atom. The van der Waals surface area contributed by atoms with E-state index in [1.807, 2.05) is 0 Å². The molecule has 0 aliphatic rings. The van der Waals surface area contributed by atoms with E-state index >= 15 is 0 Å². The largest absolute Gasteiger partial charge is 0.496 e. The molecule has 0 bridgehead atoms. The summed E-state index contributed by atoms with van der Waals surface area (Å²) in [4.78, 5) is 23.3. The molecule has 1 amide bonds. The highest BCUT2D eigenvalue weighted by molar-refractivity contribution is 14.1. The number of hydrazone groups is 1. The van der Waals surface area contributed by atoms with Crippen LogP contribution in [-0.4, -0.2) is 30.3 Å². The quantitative estimate of drug-likeness (QED) is 0.277. The normalized spacial score (nSPS) is 10.9. The van der Waals surface area contributed by atoms with Gasteiger partial charge in [0.25, 0.3) is 5.91 Å². The second-order valence-corrected chi connectivity index (χ2v) is 7.32. The van der Waals surface area contributed by atoms with Crippen molar-refractivity contribution < 1.29 is 23.8 Å². The summed E-state index contributed by atoms with van der Waals surface area (Å²) in [5.41, 5.74) is 3.35. The van der Waals surface area contributed by atoms with Gasteiger partial charge >= 0.3 is 5.97 Å². The van der Waals surface area contributed by atoms with Gasteiger partial charge in [0, 0.05) is 11.1 Å². The van der Waals surface area contributed by atoms with Gasteiger partial charge in [0.2, 0.25) is 0 Å². The number of amides is 1. The number of hydrogen-bond acceptors (Lipinski definition) is 5. The van der Waals surface area contributed by atoms with Crippen LogP contribution in [0.25, 0.3) is 11.3 Å². The molecule has 0 aliphatic heterocycles. The van der Waals surface area contributed by atoms with Gasteiger partial charge in [-0.2, -0.15) is 5.10 Å². The lowest BCUT2D eigenvalue weighted by molar-refractivity contribution is 0.0696. The van der Waals surface area contributed by atoms with Gasteiger partial charge in [-0.25, -0.2) is 10.2 Å². The molecule has 3 aromatic rings. The molecule has 0 aliphatic carbocycles. The maximum atomic E-state index is 12.2. The molecular formula is C20H14ClIN2O5. The minimum Gasteiger partial charge on any atom is -0.496 e. The Hall–Kier alpha value is -2.85. The van der Waals surface area contributed by atoms with Crippen molar-refractivity contribution in [2.45, 2.75) is 0 Å². The van der Waals surface area contributed by atoms with Gasteiger partial charge in [0.15, 0.2) is 0 Å². The summed E-state index contributed by atoms with van der Waals surface area (Å²) in [7, 11) is 1.53. The first-order chi connectivity index (χ1) is 13.9. The smallest absolute Gasteiger partial charge is 0.335 e. The average molecular weight is 525 g/mol. The third-order valence-electron chi connectivity index (χ3n) is 3.88. The monoisotopic (exact) mass is 524 g/mol. The number of furan rings is 1. The minimum absolute atomic E-state index is 0.0937. The molecule has 0 unspecified atom stereocenters. The number of hydrogen-bond donors (Lipinski definition) is 2. The molecule has 0 saturated carbocycles. The van der Waals surface area contributed by atoms with Crippen molar-refractivity contribution >= 4 is 52.3 Å². The summed E-state index contributed by atoms with van der Waals surface area (Å²) in [6.07, 6.45) is 1.33. The van der Waals surface area contributed by atoms with Gasteiger partial charge in [-0.3, -0.25) is 4.79 Å². The molecule has 3 rings (SSSR count). The summed E-state index contributed by atoms with van der Waals surface area (Å²) >= 11 is 8.25. The van der Waals surface area contributed by atoms with Crippen molar-refractivity contribution in [1.29, 1.82) is 0 Å². The summed E-state index contributed by atoms with van der Waals surface area (Å²) in [6.45, 7) is 0. The fraction of sp³-hybridized carbons (Fsp3) is 0.0500. The number of benzene rings is 2. The predicted octanol–water partition coefficient (Wildman–Crippen LogP) is 4.68. The van der Waals surface area contributed by atoms with Crippen LogP contribution < -0.4 is 10.2 Å². The van der Waals surface area contributed by atoms with Crippen LogP contribution in [0.1, 0.15) is 26.5 Å². The Bertz CT molecular complexity index is 1110. The number of aromatic carboxylic acids is 1. The summed E-state index contributed by atoms with van der Waals surface area (Å²) in [6, 6.07) is 12.7. The predicted molar refractivity (Wildman–Crippen MR) is 117 cm³/mol. The maximum Gasteiger partial charge on any atom is 0.335 e. The van der Waals surface area contributed by atoms with Gasteiger partial charge in [0.05, 0.1) is 27.5 Å². The lowest BCUT2D eigenvalue weighted by atomic mass is 10.1. The molecule has 0 fully saturated rings. The molecule has 1 heterocycles. The first-order valence-corrected chi connectivity index (χ1v) is 9.64. The second kappa shape index (κ2) is 9.10. The van der Waals surface area contributed by atoms with Crippen LogP contribution in [0.15, 0.2) is 58.0 Å². The molecule has 2 aromatic carbocycles. The molecule has 9 heteroatoms. The number of methoxy groups -OCH3 is 1. The number of halogens is 2. The van der Waals surface area contributed by atoms with E-state index in [0.717, 1.165) is 3.57 Å². The highest BCUT2D eigenvalue weighted by Crippen LogP contribution is 2.30. The molecule has 148 valence electrons. The molecule has 2 N–H and O–H groups in total. The van der Waals surface area contributed by atoms with E-state index in [1.165, 1.54) is 31.5 Å². The minimum atomic E-state index is -1.06. The van der Waals surface area contributed by atoms with Crippen LogP contribution in [0, 0.1) is 3.57 Å². The molecular weight excluding hydrogens is 511 g/mol. The fourth-order valence-corrected chi connectivity index (χ4v) is 3.20. The second-order valence-electron chi connectivity index (χ2n) is 5.75. The number of ether oxygens (including phenoxy) is 1. The SMILES string of the molecule is COc1cc(C(=O)N/N=C\c2ccc(-c3cc(C(=O)O)ccc3Cl)o2)ccc1I. The number of nitrogens with zero attached hydrogens (tertiary/aromatic N) is 1. The van der Waals surface area contributed by atoms with Crippen molar-refractivity contribution in [3.63, 3.8) is 0 Å². The Balaban J connectivity index is 1.72.